The zero-order chi connectivity index (χ0) is 19.1. The molecule has 1 N–H and O–H groups in total. The van der Waals surface area contributed by atoms with E-state index >= 15 is 0 Å². The van der Waals surface area contributed by atoms with Crippen LogP contribution in [0.3, 0.4) is 0 Å². The Balaban J connectivity index is 1.90. The molecule has 4 aromatic heterocycles. The Bertz CT molecular complexity index is 1430. The minimum absolute atomic E-state index is 0.185. The maximum Gasteiger partial charge on any atom is 0.323 e. The summed E-state index contributed by atoms with van der Waals surface area (Å²) in [6.45, 7) is 4.09. The first-order chi connectivity index (χ1) is 13.8. The molecule has 1 aromatic carbocycles. The van der Waals surface area contributed by atoms with Crippen LogP contribution in [0.1, 0.15) is 5.76 Å². The third kappa shape index (κ3) is 2.43. The lowest BCUT2D eigenvalue weighted by Gasteiger charge is -1.96. The molecule has 8 nitrogen and oxygen atoms in total. The number of nitrogens with one attached hydrogen (secondary N) is 1. The summed E-state index contributed by atoms with van der Waals surface area (Å²) in [6.07, 6.45) is 6.40. The van der Waals surface area contributed by atoms with Crippen molar-refractivity contribution >= 4 is 39.4 Å². The van der Waals surface area contributed by atoms with Crippen molar-refractivity contribution in [2.45, 2.75) is 6.54 Å². The van der Waals surface area contributed by atoms with E-state index in [4.69, 9.17) is 14.4 Å². The van der Waals surface area contributed by atoms with Gasteiger partial charge in [0.1, 0.15) is 17.5 Å². The predicted octanol–water partition coefficient (Wildman–Crippen LogP) is 2.37. The fourth-order valence-electron chi connectivity index (χ4n) is 3.17. The predicted molar refractivity (Wildman–Crippen MR) is 105 cm³/mol. The molecule has 0 unspecified atom stereocenters. The van der Waals surface area contributed by atoms with Crippen molar-refractivity contribution in [3.05, 3.63) is 77.8 Å². The first kappa shape index (κ1) is 16.1. The maximum atomic E-state index is 13.1. The normalized spacial score (nSPS) is 11.9. The summed E-state index contributed by atoms with van der Waals surface area (Å²) < 4.78 is 8.42. The van der Waals surface area contributed by atoms with Crippen LogP contribution in [-0.4, -0.2) is 25.4 Å². The number of furan rings is 1. The van der Waals surface area contributed by atoms with Crippen molar-refractivity contribution in [2.75, 3.05) is 0 Å². The number of H-pyrrole nitrogens is 1. The molecule has 0 amide bonds. The third-order valence-electron chi connectivity index (χ3n) is 4.44. The number of nitrogens with zero attached hydrogens (tertiary/aromatic N) is 5. The van der Waals surface area contributed by atoms with E-state index in [1.54, 1.807) is 41.7 Å². The van der Waals surface area contributed by atoms with Crippen LogP contribution in [0.25, 0.3) is 33.2 Å². The van der Waals surface area contributed by atoms with Gasteiger partial charge in [0.25, 0.3) is 5.65 Å². The van der Waals surface area contributed by atoms with Crippen molar-refractivity contribution in [2.24, 2.45) is 5.10 Å². The Kier molecular flexibility index (Phi) is 3.61. The fourth-order valence-corrected chi connectivity index (χ4v) is 3.17. The lowest BCUT2D eigenvalue weighted by molar-refractivity contribution is -0.357. The molecule has 0 saturated heterocycles. The van der Waals surface area contributed by atoms with E-state index < -0.39 is 0 Å². The molecule has 5 rings (SSSR count). The van der Waals surface area contributed by atoms with E-state index in [0.29, 0.717) is 40.0 Å². The highest BCUT2D eigenvalue weighted by molar-refractivity contribution is 6.03. The first-order valence-electron chi connectivity index (χ1n) is 8.67. The van der Waals surface area contributed by atoms with Gasteiger partial charge >= 0.3 is 5.56 Å². The average Bonchev–Trinajstić information content (AvgIpc) is 3.33. The van der Waals surface area contributed by atoms with Crippen LogP contribution in [0, 0.1) is 0 Å². The summed E-state index contributed by atoms with van der Waals surface area (Å²) in [6, 6.07) is 11.1. The van der Waals surface area contributed by atoms with Gasteiger partial charge in [0, 0.05) is 0 Å². The lowest BCUT2D eigenvalue weighted by Crippen LogP contribution is -2.26. The van der Waals surface area contributed by atoms with Gasteiger partial charge in [-0.3, -0.25) is 0 Å². The highest BCUT2D eigenvalue weighted by atomic mass is 16.3. The Morgan fingerprint density at radius 2 is 2.00 bits per heavy atom. The van der Waals surface area contributed by atoms with E-state index in [1.165, 1.54) is 4.57 Å². The molecular formula is C20H15N6O2+. The van der Waals surface area contributed by atoms with Crippen molar-refractivity contribution in [1.29, 1.82) is 0 Å². The Hall–Kier alpha value is -4.07. The molecular weight excluding hydrogens is 356 g/mol. The minimum atomic E-state index is -0.185. The summed E-state index contributed by atoms with van der Waals surface area (Å²) in [5.74, 6) is 0.587. The SMILES string of the molecule is C=CCn1c[nH+]c2c(c1=O)c1nc3ccccc3nc1n2N=Cc1ccco1. The quantitative estimate of drug-likeness (QED) is 0.358. The van der Waals surface area contributed by atoms with Crippen LogP contribution in [-0.2, 0) is 6.54 Å². The number of fused-ring (bicyclic) bond motifs is 4. The second-order valence-corrected chi connectivity index (χ2v) is 6.20. The monoisotopic (exact) mass is 371 g/mol. The molecule has 0 aliphatic heterocycles. The zero-order valence-electron chi connectivity index (χ0n) is 14.7. The van der Waals surface area contributed by atoms with E-state index in [-0.39, 0.29) is 5.56 Å². The lowest BCUT2D eigenvalue weighted by atomic mass is 10.3. The number of hydrogen-bond acceptors (Lipinski definition) is 5. The van der Waals surface area contributed by atoms with Crippen LogP contribution < -0.4 is 10.5 Å². The molecule has 0 aliphatic carbocycles. The number of rotatable bonds is 4. The summed E-state index contributed by atoms with van der Waals surface area (Å²) in [5, 5.41) is 4.91. The second-order valence-electron chi connectivity index (χ2n) is 6.20. The van der Waals surface area contributed by atoms with Gasteiger partial charge in [-0.2, -0.15) is 0 Å². The van der Waals surface area contributed by atoms with E-state index in [1.807, 2.05) is 24.3 Å². The van der Waals surface area contributed by atoms with Gasteiger partial charge in [-0.1, -0.05) is 24.8 Å². The summed E-state index contributed by atoms with van der Waals surface area (Å²) >= 11 is 0. The maximum absolute atomic E-state index is 13.1. The van der Waals surface area contributed by atoms with Gasteiger partial charge in [0.2, 0.25) is 5.65 Å². The molecule has 0 atom stereocenters. The van der Waals surface area contributed by atoms with E-state index in [0.717, 1.165) is 5.52 Å². The number of hydrogen-bond donors (Lipinski definition) is 0. The number of para-hydroxylation sites is 2. The van der Waals surface area contributed by atoms with Crippen molar-refractivity contribution in [1.82, 2.24) is 19.2 Å². The second kappa shape index (κ2) is 6.27. The average molecular weight is 371 g/mol. The molecule has 0 spiro atoms. The largest absolute Gasteiger partial charge is 0.463 e. The van der Waals surface area contributed by atoms with Crippen LogP contribution in [0.4, 0.5) is 0 Å². The van der Waals surface area contributed by atoms with Gasteiger partial charge in [-0.05, 0) is 24.3 Å². The van der Waals surface area contributed by atoms with Gasteiger partial charge in [-0.25, -0.2) is 24.3 Å². The number of aromatic nitrogens is 5. The third-order valence-corrected chi connectivity index (χ3v) is 4.44. The molecule has 0 saturated carbocycles. The molecule has 5 aromatic rings. The van der Waals surface area contributed by atoms with Crippen LogP contribution in [0.5, 0.6) is 0 Å². The van der Waals surface area contributed by atoms with E-state index in [2.05, 4.69) is 16.7 Å². The molecule has 0 radical (unpaired) electrons. The number of allylic oxidation sites excluding steroid dienone is 1. The summed E-state index contributed by atoms with van der Waals surface area (Å²) in [7, 11) is 0. The molecule has 28 heavy (non-hydrogen) atoms. The molecule has 8 heteroatoms. The van der Waals surface area contributed by atoms with Gasteiger partial charge in [-0.15, -0.1) is 9.78 Å². The van der Waals surface area contributed by atoms with Crippen molar-refractivity contribution in [3.8, 4) is 0 Å². The van der Waals surface area contributed by atoms with Gasteiger partial charge < -0.3 is 4.42 Å². The summed E-state index contributed by atoms with van der Waals surface area (Å²) in [4.78, 5) is 25.6. The molecule has 0 bridgehead atoms. The van der Waals surface area contributed by atoms with Crippen molar-refractivity contribution < 1.29 is 9.40 Å². The molecule has 0 fully saturated rings. The first-order valence-corrected chi connectivity index (χ1v) is 8.67. The number of aromatic amines is 1. The minimum Gasteiger partial charge on any atom is -0.463 e. The highest BCUT2D eigenvalue weighted by Crippen LogP contribution is 2.23. The molecule has 136 valence electrons. The molecule has 0 aliphatic rings. The zero-order valence-corrected chi connectivity index (χ0v) is 14.7. The van der Waals surface area contributed by atoms with E-state index in [9.17, 15) is 4.79 Å². The topological polar surface area (TPSA) is 92.3 Å². The highest BCUT2D eigenvalue weighted by Gasteiger charge is 2.24. The Morgan fingerprint density at radius 3 is 2.75 bits per heavy atom. The van der Waals surface area contributed by atoms with Gasteiger partial charge in [0.05, 0.1) is 23.8 Å². The number of benzene rings is 1. The standard InChI is InChI=1S/C20H14N6O2/c1-2-9-25-12-21-18-16(20(25)27)17-19(24-15-8-4-3-7-14(15)23-17)26(18)22-11-13-6-5-10-28-13/h2-8,10-12H,1,9H2/p+1. The van der Waals surface area contributed by atoms with Crippen LogP contribution in [0.15, 0.2) is 76.0 Å². The van der Waals surface area contributed by atoms with Crippen LogP contribution >= 0.6 is 0 Å². The van der Waals surface area contributed by atoms with Crippen molar-refractivity contribution in [3.63, 3.8) is 0 Å². The van der Waals surface area contributed by atoms with Gasteiger partial charge in [0.15, 0.2) is 11.7 Å². The smallest absolute Gasteiger partial charge is 0.323 e. The Labute approximate surface area is 158 Å². The van der Waals surface area contributed by atoms with Crippen LogP contribution in [0.2, 0.25) is 0 Å². The molecule has 4 heterocycles. The summed E-state index contributed by atoms with van der Waals surface area (Å²) in [5.41, 5.74) is 2.74. The fraction of sp³-hybridized carbons (Fsp3) is 0.0500. The Morgan fingerprint density at radius 1 is 1.18 bits per heavy atom.